The Morgan fingerprint density at radius 1 is 1.15 bits per heavy atom. The molecule has 0 bridgehead atoms. The lowest BCUT2D eigenvalue weighted by atomic mass is 9.90. The molecule has 1 N–H and O–H groups in total. The maximum absolute atomic E-state index is 12.6. The van der Waals surface area contributed by atoms with E-state index in [-0.39, 0.29) is 18.2 Å². The van der Waals surface area contributed by atoms with Crippen LogP contribution in [0.3, 0.4) is 0 Å². The van der Waals surface area contributed by atoms with Gasteiger partial charge in [-0.25, -0.2) is 9.13 Å². The largest absolute Gasteiger partial charge is 0.392 e. The molecular weight excluding hydrogens is 256 g/mol. The van der Waals surface area contributed by atoms with Gasteiger partial charge in [0.05, 0.1) is 13.7 Å². The number of fused-ring (bicyclic) bond motifs is 2. The van der Waals surface area contributed by atoms with Crippen LogP contribution < -0.4 is 4.57 Å². The number of aromatic nitrogens is 2. The number of ketones is 2. The van der Waals surface area contributed by atoms with Crippen LogP contribution in [-0.2, 0) is 13.6 Å². The van der Waals surface area contributed by atoms with Gasteiger partial charge in [-0.05, 0) is 0 Å². The fourth-order valence-corrected chi connectivity index (χ4v) is 2.79. The maximum atomic E-state index is 12.6. The smallest absolute Gasteiger partial charge is 0.254 e. The second-order valence-electron chi connectivity index (χ2n) is 4.88. The van der Waals surface area contributed by atoms with Gasteiger partial charge in [-0.15, -0.1) is 0 Å². The lowest BCUT2D eigenvalue weighted by Crippen LogP contribution is -2.39. The third-order valence-corrected chi connectivity index (χ3v) is 3.88. The summed E-state index contributed by atoms with van der Waals surface area (Å²) in [6.07, 6.45) is 0. The Bertz CT molecular complexity index is 744. The quantitative estimate of drug-likeness (QED) is 0.686. The highest BCUT2D eigenvalue weighted by Gasteiger charge is 2.41. The van der Waals surface area contributed by atoms with Gasteiger partial charge in [-0.1, -0.05) is 24.3 Å². The highest BCUT2D eigenvalue weighted by molar-refractivity contribution is 6.26. The van der Waals surface area contributed by atoms with Crippen LogP contribution >= 0.6 is 0 Å². The van der Waals surface area contributed by atoms with E-state index in [0.717, 1.165) is 5.82 Å². The SMILES string of the molecule is Cc1n(CCO)c2c([n+]1C)C(=O)c1ccccc1C2=O. The van der Waals surface area contributed by atoms with Crippen LogP contribution in [0.4, 0.5) is 0 Å². The minimum absolute atomic E-state index is 0.0783. The minimum Gasteiger partial charge on any atom is -0.392 e. The molecule has 0 fully saturated rings. The lowest BCUT2D eigenvalue weighted by Gasteiger charge is -2.12. The first-order valence-corrected chi connectivity index (χ1v) is 6.46. The van der Waals surface area contributed by atoms with Gasteiger partial charge in [-0.3, -0.25) is 9.59 Å². The molecule has 2 aromatic rings. The van der Waals surface area contributed by atoms with E-state index in [1.54, 1.807) is 40.4 Å². The number of aliphatic hydroxyl groups is 1. The summed E-state index contributed by atoms with van der Waals surface area (Å²) in [6.45, 7) is 2.06. The van der Waals surface area contributed by atoms with Crippen molar-refractivity contribution < 1.29 is 19.3 Å². The van der Waals surface area contributed by atoms with Crippen molar-refractivity contribution in [3.8, 4) is 0 Å². The predicted molar refractivity (Wildman–Crippen MR) is 70.7 cm³/mol. The zero-order chi connectivity index (χ0) is 14.4. The van der Waals surface area contributed by atoms with E-state index in [4.69, 9.17) is 0 Å². The number of carbonyl (C=O) groups excluding carboxylic acids is 2. The molecule has 5 heteroatoms. The fourth-order valence-electron chi connectivity index (χ4n) is 2.79. The molecule has 3 rings (SSSR count). The number of hydrogen-bond acceptors (Lipinski definition) is 3. The molecule has 20 heavy (non-hydrogen) atoms. The molecule has 1 aromatic carbocycles. The summed E-state index contributed by atoms with van der Waals surface area (Å²) in [6, 6.07) is 6.86. The van der Waals surface area contributed by atoms with Crippen LogP contribution in [0.2, 0.25) is 0 Å². The average Bonchev–Trinajstić information content (AvgIpc) is 2.71. The topological polar surface area (TPSA) is 63.2 Å². The molecule has 1 aliphatic rings. The summed E-state index contributed by atoms with van der Waals surface area (Å²) in [7, 11) is 1.77. The summed E-state index contributed by atoms with van der Waals surface area (Å²) in [5.74, 6) is 0.475. The van der Waals surface area contributed by atoms with Crippen molar-refractivity contribution in [1.82, 2.24) is 4.57 Å². The van der Waals surface area contributed by atoms with Crippen molar-refractivity contribution >= 4 is 11.6 Å². The fraction of sp³-hybridized carbons (Fsp3) is 0.267. The number of rotatable bonds is 2. The van der Waals surface area contributed by atoms with E-state index in [1.807, 2.05) is 6.92 Å². The molecule has 0 spiro atoms. The van der Waals surface area contributed by atoms with Crippen molar-refractivity contribution in [3.63, 3.8) is 0 Å². The van der Waals surface area contributed by atoms with E-state index >= 15 is 0 Å². The van der Waals surface area contributed by atoms with Crippen molar-refractivity contribution in [3.05, 3.63) is 52.6 Å². The molecule has 5 nitrogen and oxygen atoms in total. The summed E-state index contributed by atoms with van der Waals surface area (Å²) >= 11 is 0. The van der Waals surface area contributed by atoms with E-state index < -0.39 is 0 Å². The van der Waals surface area contributed by atoms with Crippen LogP contribution in [-0.4, -0.2) is 27.8 Å². The summed E-state index contributed by atoms with van der Waals surface area (Å²) < 4.78 is 3.44. The number of carbonyl (C=O) groups is 2. The van der Waals surface area contributed by atoms with Gasteiger partial charge in [0.1, 0.15) is 6.54 Å². The zero-order valence-corrected chi connectivity index (χ0v) is 11.4. The zero-order valence-electron chi connectivity index (χ0n) is 11.4. The van der Waals surface area contributed by atoms with Gasteiger partial charge in [0.2, 0.25) is 23.0 Å². The van der Waals surface area contributed by atoms with Crippen LogP contribution in [0.1, 0.15) is 37.9 Å². The maximum Gasteiger partial charge on any atom is 0.254 e. The number of imidazole rings is 1. The molecule has 0 atom stereocenters. The highest BCUT2D eigenvalue weighted by Crippen LogP contribution is 2.26. The summed E-state index contributed by atoms with van der Waals surface area (Å²) in [5.41, 5.74) is 1.66. The Balaban J connectivity index is 2.33. The van der Waals surface area contributed by atoms with Crippen molar-refractivity contribution in [2.45, 2.75) is 13.5 Å². The van der Waals surface area contributed by atoms with E-state index in [2.05, 4.69) is 0 Å². The number of nitrogens with zero attached hydrogens (tertiary/aromatic N) is 2. The highest BCUT2D eigenvalue weighted by atomic mass is 16.3. The van der Waals surface area contributed by atoms with Gasteiger partial charge in [-0.2, -0.15) is 0 Å². The second-order valence-corrected chi connectivity index (χ2v) is 4.88. The molecule has 1 aliphatic carbocycles. The third kappa shape index (κ3) is 1.50. The molecule has 0 amide bonds. The number of hydrogen-bond donors (Lipinski definition) is 1. The first-order chi connectivity index (χ1) is 9.57. The lowest BCUT2D eigenvalue weighted by molar-refractivity contribution is -0.679. The Labute approximate surface area is 116 Å². The van der Waals surface area contributed by atoms with Gasteiger partial charge in [0, 0.05) is 18.1 Å². The molecule has 1 aromatic heterocycles. The number of benzene rings is 1. The standard InChI is InChI=1S/C15H15N2O3/c1-9-16(2)12-13(17(9)7-8-18)15(20)11-6-4-3-5-10(11)14(12)19/h3-6,18H,7-8H2,1-2H3/q+1. The van der Waals surface area contributed by atoms with Crippen molar-refractivity contribution in [2.75, 3.05) is 6.61 Å². The molecule has 102 valence electrons. The van der Waals surface area contributed by atoms with Crippen molar-refractivity contribution in [2.24, 2.45) is 7.05 Å². The van der Waals surface area contributed by atoms with E-state index in [1.165, 1.54) is 0 Å². The van der Waals surface area contributed by atoms with Crippen LogP contribution in [0.25, 0.3) is 0 Å². The van der Waals surface area contributed by atoms with E-state index in [0.29, 0.717) is 29.1 Å². The number of aliphatic hydroxyl groups excluding tert-OH is 1. The van der Waals surface area contributed by atoms with Gasteiger partial charge >= 0.3 is 0 Å². The molecular formula is C15H15N2O3+. The molecule has 0 aliphatic heterocycles. The van der Waals surface area contributed by atoms with E-state index in [9.17, 15) is 14.7 Å². The Morgan fingerprint density at radius 2 is 1.75 bits per heavy atom. The van der Waals surface area contributed by atoms with Gasteiger partial charge < -0.3 is 5.11 Å². The van der Waals surface area contributed by atoms with Gasteiger partial charge in [0.25, 0.3) is 5.82 Å². The first kappa shape index (κ1) is 12.7. The third-order valence-electron chi connectivity index (χ3n) is 3.88. The normalized spacial score (nSPS) is 13.3. The van der Waals surface area contributed by atoms with Crippen LogP contribution in [0.15, 0.2) is 24.3 Å². The molecule has 1 heterocycles. The predicted octanol–water partition coefficient (Wildman–Crippen LogP) is 0.389. The van der Waals surface area contributed by atoms with Gasteiger partial charge in [0.15, 0.2) is 0 Å². The van der Waals surface area contributed by atoms with Crippen LogP contribution in [0.5, 0.6) is 0 Å². The molecule has 0 radical (unpaired) electrons. The minimum atomic E-state index is -0.160. The molecule has 0 saturated carbocycles. The molecule has 0 unspecified atom stereocenters. The average molecular weight is 271 g/mol. The summed E-state index contributed by atoms with van der Waals surface area (Å²) in [5, 5.41) is 9.18. The Morgan fingerprint density at radius 3 is 2.35 bits per heavy atom. The monoisotopic (exact) mass is 271 g/mol. The first-order valence-electron chi connectivity index (χ1n) is 6.46. The molecule has 0 saturated heterocycles. The van der Waals surface area contributed by atoms with Crippen LogP contribution in [0, 0.1) is 6.92 Å². The second kappa shape index (κ2) is 4.38. The Hall–Kier alpha value is -2.27. The summed E-state index contributed by atoms with van der Waals surface area (Å²) in [4.78, 5) is 25.2. The Kier molecular flexibility index (Phi) is 2.79. The van der Waals surface area contributed by atoms with Crippen molar-refractivity contribution in [1.29, 1.82) is 0 Å².